The topological polar surface area (TPSA) is 126 Å². The summed E-state index contributed by atoms with van der Waals surface area (Å²) in [6, 6.07) is 4.57. The zero-order valence-corrected chi connectivity index (χ0v) is 11.0. The van der Waals surface area contributed by atoms with Crippen LogP contribution in [0.15, 0.2) is 24.5 Å². The van der Waals surface area contributed by atoms with E-state index in [0.717, 1.165) is 5.56 Å². The Morgan fingerprint density at radius 1 is 1.50 bits per heavy atom. The van der Waals surface area contributed by atoms with Gasteiger partial charge in [-0.05, 0) is 11.6 Å². The lowest BCUT2D eigenvalue weighted by Crippen LogP contribution is -2.45. The maximum atomic E-state index is 12.2. The van der Waals surface area contributed by atoms with Crippen LogP contribution in [0.3, 0.4) is 0 Å². The molecule has 1 rings (SSSR count). The number of carbonyl (C=O) groups excluding carboxylic acids is 2. The van der Waals surface area contributed by atoms with Crippen molar-refractivity contribution >= 4 is 11.8 Å². The molecule has 1 aromatic rings. The Bertz CT molecular complexity index is 497. The Hall–Kier alpha value is -2.46. The number of rotatable bonds is 7. The summed E-state index contributed by atoms with van der Waals surface area (Å²) in [5.41, 5.74) is 11.5. The molecule has 20 heavy (non-hydrogen) atoms. The van der Waals surface area contributed by atoms with Gasteiger partial charge in [-0.25, -0.2) is 0 Å². The molecule has 0 aromatic carbocycles. The second-order valence-corrected chi connectivity index (χ2v) is 4.31. The van der Waals surface area contributed by atoms with Crippen molar-refractivity contribution in [3.8, 4) is 6.07 Å². The SMILES string of the molecule is N#CCCN(Cc1cccnc1)C(=O)C(N)CC(N)=O. The van der Waals surface area contributed by atoms with Crippen LogP contribution in [0.5, 0.6) is 0 Å². The number of nitriles is 1. The molecule has 1 unspecified atom stereocenters. The predicted molar refractivity (Wildman–Crippen MR) is 71.7 cm³/mol. The number of hydrogen-bond acceptors (Lipinski definition) is 5. The summed E-state index contributed by atoms with van der Waals surface area (Å²) in [5, 5.41) is 8.64. The smallest absolute Gasteiger partial charge is 0.240 e. The van der Waals surface area contributed by atoms with Crippen molar-refractivity contribution in [2.75, 3.05) is 6.54 Å². The summed E-state index contributed by atoms with van der Waals surface area (Å²) in [6.45, 7) is 0.539. The van der Waals surface area contributed by atoms with Gasteiger partial charge in [0.15, 0.2) is 0 Å². The molecule has 1 heterocycles. The van der Waals surface area contributed by atoms with Crippen LogP contribution < -0.4 is 11.5 Å². The van der Waals surface area contributed by atoms with Crippen molar-refractivity contribution in [2.45, 2.75) is 25.4 Å². The number of pyridine rings is 1. The standard InChI is InChI=1S/C13H17N5O2/c14-4-2-6-18(9-10-3-1-5-17-8-10)13(20)11(15)7-12(16)19/h1,3,5,8,11H,2,6-7,9,15H2,(H2,16,19). The van der Waals surface area contributed by atoms with E-state index in [1.165, 1.54) is 4.90 Å². The number of carbonyl (C=O) groups is 2. The second kappa shape index (κ2) is 7.86. The van der Waals surface area contributed by atoms with E-state index in [9.17, 15) is 9.59 Å². The van der Waals surface area contributed by atoms with E-state index in [1.54, 1.807) is 18.5 Å². The van der Waals surface area contributed by atoms with Gasteiger partial charge in [0.25, 0.3) is 0 Å². The number of nitrogens with two attached hydrogens (primary N) is 2. The highest BCUT2D eigenvalue weighted by molar-refractivity contribution is 5.87. The molecule has 0 aliphatic heterocycles. The molecule has 0 fully saturated rings. The maximum absolute atomic E-state index is 12.2. The van der Waals surface area contributed by atoms with Crippen LogP contribution >= 0.6 is 0 Å². The highest BCUT2D eigenvalue weighted by Gasteiger charge is 2.22. The molecule has 0 saturated heterocycles. The number of aromatic nitrogens is 1. The Morgan fingerprint density at radius 3 is 2.80 bits per heavy atom. The van der Waals surface area contributed by atoms with Crippen LogP contribution in [0.2, 0.25) is 0 Å². The zero-order chi connectivity index (χ0) is 15.0. The van der Waals surface area contributed by atoms with E-state index in [-0.39, 0.29) is 19.4 Å². The first-order chi connectivity index (χ1) is 9.54. The largest absolute Gasteiger partial charge is 0.370 e. The molecule has 0 radical (unpaired) electrons. The fourth-order valence-corrected chi connectivity index (χ4v) is 1.70. The van der Waals surface area contributed by atoms with Crippen molar-refractivity contribution < 1.29 is 9.59 Å². The fourth-order valence-electron chi connectivity index (χ4n) is 1.70. The first kappa shape index (κ1) is 15.6. The Morgan fingerprint density at radius 2 is 2.25 bits per heavy atom. The highest BCUT2D eigenvalue weighted by atomic mass is 16.2. The van der Waals surface area contributed by atoms with E-state index in [0.29, 0.717) is 6.54 Å². The average Bonchev–Trinajstić information content (AvgIpc) is 2.43. The van der Waals surface area contributed by atoms with Gasteiger partial charge in [-0.2, -0.15) is 5.26 Å². The van der Waals surface area contributed by atoms with Gasteiger partial charge in [-0.1, -0.05) is 6.07 Å². The first-order valence-corrected chi connectivity index (χ1v) is 6.13. The number of nitrogens with zero attached hydrogens (tertiary/aromatic N) is 3. The molecule has 7 nitrogen and oxygen atoms in total. The summed E-state index contributed by atoms with van der Waals surface area (Å²) in [4.78, 5) is 28.4. The van der Waals surface area contributed by atoms with Crippen LogP contribution in [-0.4, -0.2) is 34.3 Å². The normalized spacial score (nSPS) is 11.4. The van der Waals surface area contributed by atoms with Gasteiger partial charge in [-0.3, -0.25) is 14.6 Å². The molecular formula is C13H17N5O2. The zero-order valence-electron chi connectivity index (χ0n) is 11.0. The maximum Gasteiger partial charge on any atom is 0.240 e. The predicted octanol–water partition coefficient (Wildman–Crippen LogP) is -0.473. The van der Waals surface area contributed by atoms with Crippen molar-refractivity contribution in [1.29, 1.82) is 5.26 Å². The summed E-state index contributed by atoms with van der Waals surface area (Å²) in [5.74, 6) is -1.03. The summed E-state index contributed by atoms with van der Waals surface area (Å²) >= 11 is 0. The van der Waals surface area contributed by atoms with E-state index in [4.69, 9.17) is 16.7 Å². The number of hydrogen-bond donors (Lipinski definition) is 2. The van der Waals surface area contributed by atoms with Crippen molar-refractivity contribution in [3.05, 3.63) is 30.1 Å². The van der Waals surface area contributed by atoms with Crippen molar-refractivity contribution in [3.63, 3.8) is 0 Å². The summed E-state index contributed by atoms with van der Waals surface area (Å²) in [7, 11) is 0. The lowest BCUT2D eigenvalue weighted by molar-refractivity contribution is -0.135. The van der Waals surface area contributed by atoms with Gasteiger partial charge < -0.3 is 16.4 Å². The van der Waals surface area contributed by atoms with Gasteiger partial charge in [-0.15, -0.1) is 0 Å². The second-order valence-electron chi connectivity index (χ2n) is 4.31. The monoisotopic (exact) mass is 275 g/mol. The van der Waals surface area contributed by atoms with Crippen LogP contribution in [0, 0.1) is 11.3 Å². The van der Waals surface area contributed by atoms with E-state index < -0.39 is 17.9 Å². The molecule has 2 amide bonds. The molecule has 0 aliphatic carbocycles. The van der Waals surface area contributed by atoms with Gasteiger partial charge in [0.1, 0.15) is 0 Å². The van der Waals surface area contributed by atoms with Crippen LogP contribution in [-0.2, 0) is 16.1 Å². The highest BCUT2D eigenvalue weighted by Crippen LogP contribution is 2.06. The number of primary amides is 1. The molecule has 1 aromatic heterocycles. The minimum Gasteiger partial charge on any atom is -0.370 e. The first-order valence-electron chi connectivity index (χ1n) is 6.13. The molecule has 4 N–H and O–H groups in total. The summed E-state index contributed by atoms with van der Waals surface area (Å²) in [6.07, 6.45) is 3.24. The minimum absolute atomic E-state index is 0.190. The van der Waals surface area contributed by atoms with Gasteiger partial charge in [0.05, 0.1) is 25.0 Å². The third kappa shape index (κ3) is 5.04. The van der Waals surface area contributed by atoms with Crippen LogP contribution in [0.25, 0.3) is 0 Å². The number of amides is 2. The summed E-state index contributed by atoms with van der Waals surface area (Å²) < 4.78 is 0. The van der Waals surface area contributed by atoms with E-state index in [1.807, 2.05) is 12.1 Å². The lowest BCUT2D eigenvalue weighted by Gasteiger charge is -2.24. The third-order valence-electron chi connectivity index (χ3n) is 2.64. The van der Waals surface area contributed by atoms with E-state index >= 15 is 0 Å². The van der Waals surface area contributed by atoms with E-state index in [2.05, 4.69) is 4.98 Å². The molecule has 0 spiro atoms. The van der Waals surface area contributed by atoms with Crippen LogP contribution in [0.4, 0.5) is 0 Å². The lowest BCUT2D eigenvalue weighted by atomic mass is 10.1. The quantitative estimate of drug-likeness (QED) is 0.695. The molecule has 7 heteroatoms. The van der Waals surface area contributed by atoms with Gasteiger partial charge >= 0.3 is 0 Å². The molecule has 0 saturated carbocycles. The third-order valence-corrected chi connectivity index (χ3v) is 2.64. The van der Waals surface area contributed by atoms with Gasteiger partial charge in [0.2, 0.25) is 11.8 Å². The molecule has 106 valence electrons. The molecule has 1 atom stereocenters. The molecular weight excluding hydrogens is 258 g/mol. The fraction of sp³-hybridized carbons (Fsp3) is 0.385. The van der Waals surface area contributed by atoms with Crippen LogP contribution in [0.1, 0.15) is 18.4 Å². The van der Waals surface area contributed by atoms with Gasteiger partial charge in [0, 0.05) is 25.5 Å². The molecule has 0 aliphatic rings. The molecule has 0 bridgehead atoms. The Kier molecular flexibility index (Phi) is 6.13. The van der Waals surface area contributed by atoms with Crippen molar-refractivity contribution in [2.24, 2.45) is 11.5 Å². The average molecular weight is 275 g/mol. The Labute approximate surface area is 117 Å². The Balaban J connectivity index is 2.75. The van der Waals surface area contributed by atoms with Crippen molar-refractivity contribution in [1.82, 2.24) is 9.88 Å². The minimum atomic E-state index is -0.983.